The first-order chi connectivity index (χ1) is 19.1. The number of nitrogens with zero attached hydrogens (tertiary/aromatic N) is 3. The topological polar surface area (TPSA) is 151 Å². The summed E-state index contributed by atoms with van der Waals surface area (Å²) in [4.78, 5) is 37.4. The number of hydrogen-bond donors (Lipinski definition) is 3. The summed E-state index contributed by atoms with van der Waals surface area (Å²) in [6.45, 7) is 0. The van der Waals surface area contributed by atoms with E-state index in [0.29, 0.717) is 17.8 Å². The number of aromatic nitrogens is 2. The summed E-state index contributed by atoms with van der Waals surface area (Å²) in [6.07, 6.45) is 1.44. The fourth-order valence-corrected chi connectivity index (χ4v) is 6.07. The van der Waals surface area contributed by atoms with Crippen LogP contribution in [-0.4, -0.2) is 60.0 Å². The Labute approximate surface area is 239 Å². The van der Waals surface area contributed by atoms with Gasteiger partial charge >= 0.3 is 16.4 Å². The van der Waals surface area contributed by atoms with Gasteiger partial charge in [0.1, 0.15) is 11.0 Å². The van der Waals surface area contributed by atoms with Crippen LogP contribution >= 0.6 is 22.7 Å². The molecule has 0 spiro atoms. The number of likely N-dealkylation sites (N-methyl/N-ethyl adjacent to an activating group) is 1. The van der Waals surface area contributed by atoms with Crippen LogP contribution in [0.25, 0.3) is 9.88 Å². The van der Waals surface area contributed by atoms with Gasteiger partial charge in [-0.3, -0.25) is 24.0 Å². The predicted molar refractivity (Wildman–Crippen MR) is 154 cm³/mol. The maximum absolute atomic E-state index is 13.7. The minimum Gasteiger partial charge on any atom is -0.453 e. The Kier molecular flexibility index (Phi) is 9.47. The third-order valence-electron chi connectivity index (χ3n) is 5.93. The maximum atomic E-state index is 13.7. The number of pyridine rings is 1. The van der Waals surface area contributed by atoms with E-state index >= 15 is 0 Å². The lowest BCUT2D eigenvalue weighted by atomic mass is 10.0. The standard InChI is InChI=1S/C26H27N5O6S3/c1-31(26(33)37-2)22(15-19-6-3-4-12-27-19)24(32)28-20(21-16-39-25(29-21)23-7-5-13-38-23)14-17-8-10-18(11-9-17)30-40(34,35)36/h3-13,16,20,22,30H,14-15H2,1-2H3,(H,28,32)(H,34,35,36)/t20-,22?/m0/s1. The molecule has 2 amide bonds. The number of benzene rings is 1. The lowest BCUT2D eigenvalue weighted by Crippen LogP contribution is -2.50. The molecule has 14 heteroatoms. The maximum Gasteiger partial charge on any atom is 0.409 e. The zero-order valence-electron chi connectivity index (χ0n) is 21.6. The number of thiazole rings is 1. The SMILES string of the molecule is COC(=O)N(C)C(Cc1ccccn1)C(=O)N[C@@H](Cc1ccc(NS(=O)(=O)O)cc1)c1csc(-c2cccs2)n1. The molecule has 3 N–H and O–H groups in total. The van der Waals surface area contributed by atoms with E-state index in [1.165, 1.54) is 42.5 Å². The molecule has 3 heterocycles. The van der Waals surface area contributed by atoms with E-state index in [0.717, 1.165) is 15.4 Å². The molecule has 0 aliphatic carbocycles. The quantitative estimate of drug-likeness (QED) is 0.217. The molecule has 1 aromatic carbocycles. The number of amides is 2. The van der Waals surface area contributed by atoms with Gasteiger partial charge in [0.2, 0.25) is 5.91 Å². The van der Waals surface area contributed by atoms with E-state index in [4.69, 9.17) is 14.3 Å². The first-order valence-electron chi connectivity index (χ1n) is 12.0. The summed E-state index contributed by atoms with van der Waals surface area (Å²) in [5, 5.41) is 7.71. The van der Waals surface area contributed by atoms with Gasteiger partial charge in [-0.2, -0.15) is 8.42 Å². The molecule has 40 heavy (non-hydrogen) atoms. The molecular weight excluding hydrogens is 575 g/mol. The van der Waals surface area contributed by atoms with Gasteiger partial charge in [0.05, 0.1) is 29.4 Å². The van der Waals surface area contributed by atoms with Crippen LogP contribution < -0.4 is 10.0 Å². The van der Waals surface area contributed by atoms with Crippen LogP contribution in [0.15, 0.2) is 71.6 Å². The van der Waals surface area contributed by atoms with Crippen LogP contribution in [0.4, 0.5) is 10.5 Å². The van der Waals surface area contributed by atoms with Gasteiger partial charge in [-0.05, 0) is 47.7 Å². The minimum absolute atomic E-state index is 0.165. The molecule has 0 aliphatic rings. The summed E-state index contributed by atoms with van der Waals surface area (Å²) >= 11 is 3.02. The number of nitrogens with one attached hydrogen (secondary N) is 2. The molecule has 0 radical (unpaired) electrons. The normalized spacial score (nSPS) is 12.8. The number of thiophene rings is 1. The largest absolute Gasteiger partial charge is 0.453 e. The molecule has 0 aliphatic heterocycles. The average molecular weight is 602 g/mol. The van der Waals surface area contributed by atoms with Crippen molar-refractivity contribution in [2.24, 2.45) is 0 Å². The molecule has 210 valence electrons. The Morgan fingerprint density at radius 3 is 2.48 bits per heavy atom. The Bertz CT molecular complexity index is 1530. The van der Waals surface area contributed by atoms with Crippen LogP contribution in [-0.2, 0) is 32.7 Å². The van der Waals surface area contributed by atoms with Crippen LogP contribution in [0.3, 0.4) is 0 Å². The van der Waals surface area contributed by atoms with Gasteiger partial charge in [0, 0.05) is 30.7 Å². The van der Waals surface area contributed by atoms with Crippen LogP contribution in [0.2, 0.25) is 0 Å². The van der Waals surface area contributed by atoms with E-state index in [1.54, 1.807) is 47.9 Å². The van der Waals surface area contributed by atoms with Gasteiger partial charge < -0.3 is 10.1 Å². The van der Waals surface area contributed by atoms with Crippen molar-refractivity contribution in [1.29, 1.82) is 0 Å². The van der Waals surface area contributed by atoms with Crippen molar-refractivity contribution < 1.29 is 27.3 Å². The Morgan fingerprint density at radius 1 is 1.07 bits per heavy atom. The second kappa shape index (κ2) is 13.0. The molecule has 1 unspecified atom stereocenters. The molecule has 4 rings (SSSR count). The zero-order chi connectivity index (χ0) is 28.7. The van der Waals surface area contributed by atoms with Crippen molar-refractivity contribution in [3.63, 3.8) is 0 Å². The first kappa shape index (κ1) is 29.1. The smallest absolute Gasteiger partial charge is 0.409 e. The van der Waals surface area contributed by atoms with Gasteiger partial charge in [-0.15, -0.1) is 22.7 Å². The highest BCUT2D eigenvalue weighted by Crippen LogP contribution is 2.31. The Balaban J connectivity index is 1.62. The zero-order valence-corrected chi connectivity index (χ0v) is 24.0. The molecule has 0 bridgehead atoms. The second-order valence-corrected chi connectivity index (χ2v) is 11.7. The van der Waals surface area contributed by atoms with Gasteiger partial charge in [0.25, 0.3) is 0 Å². The molecule has 0 saturated carbocycles. The molecule has 11 nitrogen and oxygen atoms in total. The van der Waals surface area contributed by atoms with Gasteiger partial charge in [0.15, 0.2) is 0 Å². The molecule has 0 fully saturated rings. The Morgan fingerprint density at radius 2 is 1.85 bits per heavy atom. The first-order valence-corrected chi connectivity index (χ1v) is 15.2. The third-order valence-corrected chi connectivity index (χ3v) is 8.32. The summed E-state index contributed by atoms with van der Waals surface area (Å²) in [5.41, 5.74) is 2.24. The van der Waals surface area contributed by atoms with Crippen molar-refractivity contribution in [3.05, 3.63) is 88.5 Å². The number of rotatable bonds is 11. The summed E-state index contributed by atoms with van der Waals surface area (Å²) in [6, 6.07) is 14.2. The number of methoxy groups -OCH3 is 1. The summed E-state index contributed by atoms with van der Waals surface area (Å²) in [5.74, 6) is -0.418. The molecular formula is C26H27N5O6S3. The van der Waals surface area contributed by atoms with Crippen molar-refractivity contribution in [2.75, 3.05) is 18.9 Å². The van der Waals surface area contributed by atoms with E-state index in [-0.39, 0.29) is 12.1 Å². The number of ether oxygens (including phenoxy) is 1. The summed E-state index contributed by atoms with van der Waals surface area (Å²) < 4.78 is 38.2. The number of anilines is 1. The molecule has 2 atom stereocenters. The fraction of sp³-hybridized carbons (Fsp3) is 0.231. The van der Waals surface area contributed by atoms with Crippen molar-refractivity contribution in [1.82, 2.24) is 20.2 Å². The molecule has 0 saturated heterocycles. The lowest BCUT2D eigenvalue weighted by molar-refractivity contribution is -0.126. The Hall–Kier alpha value is -3.85. The van der Waals surface area contributed by atoms with E-state index in [2.05, 4.69) is 10.3 Å². The molecule has 4 aromatic rings. The highest BCUT2D eigenvalue weighted by atomic mass is 32.2. The number of carbonyl (C=O) groups is 2. The van der Waals surface area contributed by atoms with Crippen molar-refractivity contribution >= 4 is 50.7 Å². The molecule has 3 aromatic heterocycles. The van der Waals surface area contributed by atoms with E-state index in [9.17, 15) is 18.0 Å². The fourth-order valence-electron chi connectivity index (χ4n) is 3.94. The number of carbonyl (C=O) groups excluding carboxylic acids is 2. The van der Waals surface area contributed by atoms with Crippen molar-refractivity contribution in [3.8, 4) is 9.88 Å². The summed E-state index contributed by atoms with van der Waals surface area (Å²) in [7, 11) is -1.66. The van der Waals surface area contributed by atoms with Gasteiger partial charge in [-0.1, -0.05) is 24.3 Å². The predicted octanol–water partition coefficient (Wildman–Crippen LogP) is 4.19. The monoisotopic (exact) mass is 601 g/mol. The van der Waals surface area contributed by atoms with E-state index in [1.807, 2.05) is 27.6 Å². The highest BCUT2D eigenvalue weighted by Gasteiger charge is 2.31. The van der Waals surface area contributed by atoms with Gasteiger partial charge in [-0.25, -0.2) is 9.78 Å². The minimum atomic E-state index is -4.41. The van der Waals surface area contributed by atoms with Crippen LogP contribution in [0.5, 0.6) is 0 Å². The average Bonchev–Trinajstić information content (AvgIpc) is 3.64. The number of hydrogen-bond acceptors (Lipinski definition) is 9. The highest BCUT2D eigenvalue weighted by molar-refractivity contribution is 7.87. The van der Waals surface area contributed by atoms with E-state index < -0.39 is 34.4 Å². The van der Waals surface area contributed by atoms with Crippen LogP contribution in [0, 0.1) is 0 Å². The third kappa shape index (κ3) is 7.85. The second-order valence-electron chi connectivity index (χ2n) is 8.72. The van der Waals surface area contributed by atoms with Crippen molar-refractivity contribution in [2.45, 2.75) is 24.9 Å². The lowest BCUT2D eigenvalue weighted by Gasteiger charge is -2.28. The van der Waals surface area contributed by atoms with Crippen LogP contribution in [0.1, 0.15) is 23.0 Å².